The smallest absolute Gasteiger partial charge is 0.216 e. The number of hydrogen-bond acceptors (Lipinski definition) is 4. The van der Waals surface area contributed by atoms with Crippen LogP contribution in [-0.4, -0.2) is 17.0 Å². The molecule has 0 aliphatic rings. The summed E-state index contributed by atoms with van der Waals surface area (Å²) in [5, 5.41) is 3.03. The van der Waals surface area contributed by atoms with Gasteiger partial charge in [0.15, 0.2) is 5.82 Å². The summed E-state index contributed by atoms with van der Waals surface area (Å²) in [6.45, 7) is 3.19. The van der Waals surface area contributed by atoms with Gasteiger partial charge in [-0.3, -0.25) is 5.73 Å². The van der Waals surface area contributed by atoms with Gasteiger partial charge in [-0.15, -0.1) is 0 Å². The van der Waals surface area contributed by atoms with Crippen LogP contribution in [0.5, 0.6) is 0 Å². The van der Waals surface area contributed by atoms with Crippen molar-refractivity contribution in [1.82, 2.24) is 15.3 Å². The van der Waals surface area contributed by atoms with Crippen LogP contribution >= 0.6 is 0 Å². The maximum Gasteiger partial charge on any atom is 0.216 e. The van der Waals surface area contributed by atoms with Crippen molar-refractivity contribution < 1.29 is 4.39 Å². The van der Waals surface area contributed by atoms with Crippen molar-refractivity contribution >= 4 is 0 Å². The first-order chi connectivity index (χ1) is 6.45. The lowest BCUT2D eigenvalue weighted by Gasteiger charge is -2.14. The highest BCUT2D eigenvalue weighted by Crippen LogP contribution is 2.15. The number of nitrogens with two attached hydrogens (primary N) is 1. The van der Waals surface area contributed by atoms with Crippen LogP contribution < -0.4 is 11.1 Å². The lowest BCUT2D eigenvalue weighted by Crippen LogP contribution is -2.29. The summed E-state index contributed by atoms with van der Waals surface area (Å²) in [6, 6.07) is 0.146. The summed E-state index contributed by atoms with van der Waals surface area (Å²) >= 11 is 0. The van der Waals surface area contributed by atoms with Crippen molar-refractivity contribution in [1.29, 1.82) is 0 Å². The van der Waals surface area contributed by atoms with E-state index in [-0.39, 0.29) is 11.9 Å². The number of nitrogens with zero attached hydrogens (tertiary/aromatic N) is 2. The zero-order valence-electron chi connectivity index (χ0n) is 8.58. The highest BCUT2D eigenvalue weighted by atomic mass is 19.1. The predicted molar refractivity (Wildman–Crippen MR) is 52.2 cm³/mol. The van der Waals surface area contributed by atoms with E-state index >= 15 is 0 Å². The number of halogens is 1. The Balaban J connectivity index is 2.89. The first kappa shape index (κ1) is 11.0. The van der Waals surface area contributed by atoms with E-state index in [1.165, 1.54) is 6.92 Å². The molecule has 1 heterocycles. The van der Waals surface area contributed by atoms with Crippen LogP contribution in [0.1, 0.15) is 31.3 Å². The average molecular weight is 198 g/mol. The Kier molecular flexibility index (Phi) is 3.13. The van der Waals surface area contributed by atoms with Crippen molar-refractivity contribution in [2.24, 2.45) is 5.73 Å². The van der Waals surface area contributed by atoms with E-state index in [1.807, 2.05) is 14.0 Å². The second kappa shape index (κ2) is 3.98. The Labute approximate surface area is 82.8 Å². The van der Waals surface area contributed by atoms with E-state index in [2.05, 4.69) is 15.3 Å². The van der Waals surface area contributed by atoms with Crippen molar-refractivity contribution in [3.05, 3.63) is 23.8 Å². The van der Waals surface area contributed by atoms with Crippen LogP contribution in [0.15, 0.2) is 12.4 Å². The van der Waals surface area contributed by atoms with Gasteiger partial charge in [-0.25, -0.2) is 14.4 Å². The van der Waals surface area contributed by atoms with Gasteiger partial charge in [0.25, 0.3) is 0 Å². The molecule has 2 unspecified atom stereocenters. The summed E-state index contributed by atoms with van der Waals surface area (Å²) in [6.07, 6.45) is 3.16. The maximum atomic E-state index is 13.2. The molecule has 0 aliphatic heterocycles. The third-order valence-corrected chi connectivity index (χ3v) is 2.04. The molecule has 0 saturated heterocycles. The summed E-state index contributed by atoms with van der Waals surface area (Å²) in [5.41, 5.74) is 6.11. The van der Waals surface area contributed by atoms with Gasteiger partial charge in [-0.1, -0.05) is 0 Å². The lowest BCUT2D eigenvalue weighted by molar-refractivity contribution is 0.188. The second-order valence-corrected chi connectivity index (χ2v) is 3.43. The summed E-state index contributed by atoms with van der Waals surface area (Å²) < 4.78 is 13.2. The van der Waals surface area contributed by atoms with Crippen LogP contribution in [-0.2, 0) is 5.79 Å². The Morgan fingerprint density at radius 2 is 2.00 bits per heavy atom. The minimum absolute atomic E-state index is 0.00422. The van der Waals surface area contributed by atoms with E-state index in [0.717, 1.165) is 5.56 Å². The quantitative estimate of drug-likeness (QED) is 0.707. The second-order valence-electron chi connectivity index (χ2n) is 3.43. The number of alkyl halides is 1. The highest BCUT2D eigenvalue weighted by Gasteiger charge is 2.22. The van der Waals surface area contributed by atoms with E-state index in [0.29, 0.717) is 0 Å². The van der Waals surface area contributed by atoms with E-state index in [4.69, 9.17) is 5.73 Å². The molecular weight excluding hydrogens is 183 g/mol. The molecule has 0 saturated carbocycles. The largest absolute Gasteiger partial charge is 0.313 e. The third-order valence-electron chi connectivity index (χ3n) is 2.04. The van der Waals surface area contributed by atoms with Crippen LogP contribution in [0.25, 0.3) is 0 Å². The predicted octanol–water partition coefficient (Wildman–Crippen LogP) is 0.858. The molecule has 1 aromatic heterocycles. The van der Waals surface area contributed by atoms with Crippen molar-refractivity contribution in [2.75, 3.05) is 7.05 Å². The topological polar surface area (TPSA) is 63.8 Å². The van der Waals surface area contributed by atoms with E-state index in [9.17, 15) is 4.39 Å². The lowest BCUT2D eigenvalue weighted by atomic mass is 10.2. The molecule has 3 N–H and O–H groups in total. The zero-order valence-corrected chi connectivity index (χ0v) is 8.58. The molecule has 1 aromatic rings. The molecule has 4 nitrogen and oxygen atoms in total. The van der Waals surface area contributed by atoms with Gasteiger partial charge in [0, 0.05) is 24.0 Å². The SMILES string of the molecule is CNC(C)c1cnc(C(C)(N)F)nc1. The first-order valence-electron chi connectivity index (χ1n) is 4.42. The molecule has 0 bridgehead atoms. The number of hydrogen-bond donors (Lipinski definition) is 2. The Morgan fingerprint density at radius 3 is 2.36 bits per heavy atom. The standard InChI is InChI=1S/C9H15FN4/c1-6(12-3)7-4-13-8(14-5-7)9(2,10)11/h4-6,12H,11H2,1-3H3. The fourth-order valence-corrected chi connectivity index (χ4v) is 0.981. The Morgan fingerprint density at radius 1 is 1.50 bits per heavy atom. The minimum Gasteiger partial charge on any atom is -0.313 e. The Bertz CT molecular complexity index is 291. The Hall–Kier alpha value is -1.07. The van der Waals surface area contributed by atoms with Crippen LogP contribution in [0, 0.1) is 0 Å². The highest BCUT2D eigenvalue weighted by molar-refractivity contribution is 5.11. The molecule has 0 aliphatic carbocycles. The summed E-state index contributed by atoms with van der Waals surface area (Å²) in [7, 11) is 1.83. The number of rotatable bonds is 3. The van der Waals surface area contributed by atoms with Crippen LogP contribution in [0.3, 0.4) is 0 Å². The van der Waals surface area contributed by atoms with E-state index < -0.39 is 5.79 Å². The normalized spacial score (nSPS) is 17.5. The van der Waals surface area contributed by atoms with Crippen molar-refractivity contribution in [3.63, 3.8) is 0 Å². The molecule has 0 aromatic carbocycles. The summed E-state index contributed by atoms with van der Waals surface area (Å²) in [4.78, 5) is 7.74. The van der Waals surface area contributed by atoms with Crippen LogP contribution in [0.2, 0.25) is 0 Å². The molecule has 5 heteroatoms. The van der Waals surface area contributed by atoms with Crippen LogP contribution in [0.4, 0.5) is 4.39 Å². The molecule has 0 amide bonds. The molecule has 78 valence electrons. The van der Waals surface area contributed by atoms with Gasteiger partial charge >= 0.3 is 0 Å². The zero-order chi connectivity index (χ0) is 10.8. The van der Waals surface area contributed by atoms with E-state index in [1.54, 1.807) is 12.4 Å². The fraction of sp³-hybridized carbons (Fsp3) is 0.556. The summed E-state index contributed by atoms with van der Waals surface area (Å²) in [5.74, 6) is -1.97. The number of nitrogens with one attached hydrogen (secondary N) is 1. The molecule has 2 atom stereocenters. The monoisotopic (exact) mass is 198 g/mol. The fourth-order valence-electron chi connectivity index (χ4n) is 0.981. The first-order valence-corrected chi connectivity index (χ1v) is 4.42. The van der Waals surface area contributed by atoms with Gasteiger partial charge in [-0.05, 0) is 20.9 Å². The van der Waals surface area contributed by atoms with Gasteiger partial charge in [0.1, 0.15) is 0 Å². The maximum absolute atomic E-state index is 13.2. The van der Waals surface area contributed by atoms with Gasteiger partial charge < -0.3 is 5.32 Å². The van der Waals surface area contributed by atoms with Gasteiger partial charge in [-0.2, -0.15) is 0 Å². The third kappa shape index (κ3) is 2.46. The van der Waals surface area contributed by atoms with Gasteiger partial charge in [0.05, 0.1) is 0 Å². The average Bonchev–Trinajstić information content (AvgIpc) is 2.15. The van der Waals surface area contributed by atoms with Gasteiger partial charge in [0.2, 0.25) is 5.79 Å². The van der Waals surface area contributed by atoms with Crippen molar-refractivity contribution in [3.8, 4) is 0 Å². The molecule has 0 fully saturated rings. The molecule has 0 radical (unpaired) electrons. The molecule has 14 heavy (non-hydrogen) atoms. The number of aromatic nitrogens is 2. The minimum atomic E-state index is -1.97. The molecule has 1 rings (SSSR count). The van der Waals surface area contributed by atoms with Crippen molar-refractivity contribution in [2.45, 2.75) is 25.7 Å². The molecule has 0 spiro atoms. The molecular formula is C9H15FN4.